The summed E-state index contributed by atoms with van der Waals surface area (Å²) in [5, 5.41) is 0. The van der Waals surface area contributed by atoms with Gasteiger partial charge < -0.3 is 14.4 Å². The zero-order valence-corrected chi connectivity index (χ0v) is 11.7. The fourth-order valence-electron chi connectivity index (χ4n) is 3.44. The van der Waals surface area contributed by atoms with Crippen LogP contribution in [0, 0.1) is 0 Å². The monoisotopic (exact) mass is 265 g/mol. The van der Waals surface area contributed by atoms with Gasteiger partial charge in [0.1, 0.15) is 5.60 Å². The molecule has 4 heteroatoms. The van der Waals surface area contributed by atoms with E-state index in [-0.39, 0.29) is 11.5 Å². The smallest absolute Gasteiger partial charge is 0.249 e. The van der Waals surface area contributed by atoms with Crippen molar-refractivity contribution in [3.8, 4) is 0 Å². The van der Waals surface area contributed by atoms with Crippen molar-refractivity contribution in [2.24, 2.45) is 0 Å². The highest BCUT2D eigenvalue weighted by Gasteiger charge is 2.49. The summed E-state index contributed by atoms with van der Waals surface area (Å²) in [4.78, 5) is 14.2. The minimum Gasteiger partial charge on any atom is -0.378 e. The van der Waals surface area contributed by atoms with Gasteiger partial charge >= 0.3 is 0 Å². The van der Waals surface area contributed by atoms with Gasteiger partial charge in [-0.25, -0.2) is 0 Å². The van der Waals surface area contributed by atoms with Crippen LogP contribution in [0.4, 0.5) is 0 Å². The molecule has 0 saturated carbocycles. The van der Waals surface area contributed by atoms with E-state index >= 15 is 0 Å². The molecular weight excluding hydrogens is 242 g/mol. The number of amides is 1. The van der Waals surface area contributed by atoms with Crippen LogP contribution in [0.1, 0.15) is 39.0 Å². The van der Waals surface area contributed by atoms with Gasteiger partial charge in [-0.1, -0.05) is 6.08 Å². The normalized spacial score (nSPS) is 29.2. The van der Waals surface area contributed by atoms with Crippen molar-refractivity contribution in [1.82, 2.24) is 4.90 Å². The first-order chi connectivity index (χ1) is 9.22. The van der Waals surface area contributed by atoms with E-state index in [0.29, 0.717) is 6.10 Å². The molecule has 2 fully saturated rings. The van der Waals surface area contributed by atoms with Crippen molar-refractivity contribution in [3.63, 3.8) is 0 Å². The van der Waals surface area contributed by atoms with Crippen LogP contribution >= 0.6 is 0 Å². The Hall–Kier alpha value is -0.870. The first-order valence-corrected chi connectivity index (χ1v) is 7.46. The average molecular weight is 265 g/mol. The van der Waals surface area contributed by atoms with Crippen molar-refractivity contribution in [3.05, 3.63) is 11.6 Å². The zero-order chi connectivity index (χ0) is 13.3. The van der Waals surface area contributed by atoms with E-state index in [9.17, 15) is 4.79 Å². The summed E-state index contributed by atoms with van der Waals surface area (Å²) in [5.74, 6) is 0.227. The van der Waals surface area contributed by atoms with Gasteiger partial charge in [-0.05, 0) is 32.6 Å². The number of carbonyl (C=O) groups is 1. The minimum atomic E-state index is -0.118. The van der Waals surface area contributed by atoms with Gasteiger partial charge in [-0.3, -0.25) is 4.79 Å². The summed E-state index contributed by atoms with van der Waals surface area (Å²) in [6.45, 7) is 5.04. The Bertz CT molecular complexity index is 383. The third kappa shape index (κ3) is 2.56. The van der Waals surface area contributed by atoms with Gasteiger partial charge in [0.15, 0.2) is 0 Å². The number of allylic oxidation sites excluding steroid dienone is 1. The molecule has 2 heterocycles. The fraction of sp³-hybridized carbons (Fsp3) is 0.800. The van der Waals surface area contributed by atoms with E-state index in [0.717, 1.165) is 64.0 Å². The average Bonchev–Trinajstić information content (AvgIpc) is 2.89. The summed E-state index contributed by atoms with van der Waals surface area (Å²) < 4.78 is 11.6. The molecule has 2 saturated heterocycles. The first-order valence-electron chi connectivity index (χ1n) is 7.46. The van der Waals surface area contributed by atoms with Crippen LogP contribution in [0.3, 0.4) is 0 Å². The number of nitrogens with zero attached hydrogens (tertiary/aromatic N) is 1. The summed E-state index contributed by atoms with van der Waals surface area (Å²) >= 11 is 0. The maximum Gasteiger partial charge on any atom is 0.249 e. The van der Waals surface area contributed by atoms with Gasteiger partial charge in [-0.2, -0.15) is 0 Å². The molecule has 19 heavy (non-hydrogen) atoms. The molecule has 2 aliphatic heterocycles. The summed E-state index contributed by atoms with van der Waals surface area (Å²) in [6, 6.07) is 0. The number of hydrogen-bond acceptors (Lipinski definition) is 3. The predicted octanol–water partition coefficient (Wildman–Crippen LogP) is 1.89. The van der Waals surface area contributed by atoms with Crippen LogP contribution < -0.4 is 0 Å². The molecule has 3 aliphatic rings. The van der Waals surface area contributed by atoms with Crippen LogP contribution in [-0.2, 0) is 14.3 Å². The first kappa shape index (κ1) is 13.1. The molecule has 1 amide bonds. The third-order valence-electron chi connectivity index (χ3n) is 4.41. The van der Waals surface area contributed by atoms with Crippen molar-refractivity contribution >= 4 is 5.91 Å². The van der Waals surface area contributed by atoms with Gasteiger partial charge in [0, 0.05) is 25.2 Å². The lowest BCUT2D eigenvalue weighted by atomic mass is 9.84. The number of likely N-dealkylation sites (tertiary alicyclic amines) is 1. The van der Waals surface area contributed by atoms with E-state index in [4.69, 9.17) is 9.47 Å². The van der Waals surface area contributed by atoms with Crippen molar-refractivity contribution in [2.75, 3.05) is 26.3 Å². The second-order valence-electron chi connectivity index (χ2n) is 5.88. The summed E-state index contributed by atoms with van der Waals surface area (Å²) in [7, 11) is 0. The quantitative estimate of drug-likeness (QED) is 0.782. The van der Waals surface area contributed by atoms with Gasteiger partial charge in [0.05, 0.1) is 19.2 Å². The largest absolute Gasteiger partial charge is 0.378 e. The van der Waals surface area contributed by atoms with E-state index in [1.165, 1.54) is 0 Å². The zero-order valence-electron chi connectivity index (χ0n) is 11.7. The van der Waals surface area contributed by atoms with E-state index in [1.807, 2.05) is 11.8 Å². The van der Waals surface area contributed by atoms with Gasteiger partial charge in [-0.15, -0.1) is 0 Å². The number of hydrogen-bond donors (Lipinski definition) is 0. The SMILES string of the molecule is CCOC1CCOC2(C1)CN(C(=O)C1=CCCC1)C2. The Morgan fingerprint density at radius 3 is 3.11 bits per heavy atom. The number of carbonyl (C=O) groups excluding carboxylic acids is 1. The second-order valence-corrected chi connectivity index (χ2v) is 5.88. The molecule has 4 nitrogen and oxygen atoms in total. The summed E-state index contributed by atoms with van der Waals surface area (Å²) in [6.07, 6.45) is 7.45. The van der Waals surface area contributed by atoms with Crippen LogP contribution in [0.5, 0.6) is 0 Å². The molecular formula is C15H23NO3. The van der Waals surface area contributed by atoms with Gasteiger partial charge in [0.2, 0.25) is 5.91 Å². The second kappa shape index (κ2) is 5.25. The Balaban J connectivity index is 1.54. The standard InChI is InChI=1S/C15H23NO3/c1-2-18-13-7-8-19-15(9-13)10-16(11-15)14(17)12-5-3-4-6-12/h5,13H,2-4,6-11H2,1H3. The molecule has 1 atom stereocenters. The van der Waals surface area contributed by atoms with Crippen LogP contribution in [0.2, 0.25) is 0 Å². The van der Waals surface area contributed by atoms with Crippen molar-refractivity contribution < 1.29 is 14.3 Å². The molecule has 0 aromatic carbocycles. The Kier molecular flexibility index (Phi) is 3.63. The van der Waals surface area contributed by atoms with Crippen molar-refractivity contribution in [1.29, 1.82) is 0 Å². The molecule has 1 aliphatic carbocycles. The molecule has 0 bridgehead atoms. The molecule has 106 valence electrons. The highest BCUT2D eigenvalue weighted by molar-refractivity contribution is 5.94. The molecule has 1 unspecified atom stereocenters. The molecule has 0 aromatic heterocycles. The maximum absolute atomic E-state index is 12.2. The molecule has 1 spiro atoms. The minimum absolute atomic E-state index is 0.118. The summed E-state index contributed by atoms with van der Waals surface area (Å²) in [5.41, 5.74) is 0.888. The Morgan fingerprint density at radius 2 is 2.42 bits per heavy atom. The predicted molar refractivity (Wildman–Crippen MR) is 71.8 cm³/mol. The molecule has 0 N–H and O–H groups in total. The lowest BCUT2D eigenvalue weighted by Crippen LogP contribution is -2.67. The van der Waals surface area contributed by atoms with Crippen LogP contribution in [0.25, 0.3) is 0 Å². The van der Waals surface area contributed by atoms with E-state index in [2.05, 4.69) is 6.08 Å². The van der Waals surface area contributed by atoms with E-state index in [1.54, 1.807) is 0 Å². The third-order valence-corrected chi connectivity index (χ3v) is 4.41. The lowest BCUT2D eigenvalue weighted by Gasteiger charge is -2.53. The van der Waals surface area contributed by atoms with Gasteiger partial charge in [0.25, 0.3) is 0 Å². The number of ether oxygens (including phenoxy) is 2. The Morgan fingerprint density at radius 1 is 1.58 bits per heavy atom. The van der Waals surface area contributed by atoms with Crippen molar-refractivity contribution in [2.45, 2.75) is 50.7 Å². The highest BCUT2D eigenvalue weighted by Crippen LogP contribution is 2.36. The molecule has 0 radical (unpaired) electrons. The van der Waals surface area contributed by atoms with E-state index < -0.39 is 0 Å². The molecule has 0 aromatic rings. The number of rotatable bonds is 3. The Labute approximate surface area is 114 Å². The topological polar surface area (TPSA) is 38.8 Å². The molecule has 3 rings (SSSR count). The van der Waals surface area contributed by atoms with Crippen LogP contribution in [-0.4, -0.2) is 48.8 Å². The fourth-order valence-corrected chi connectivity index (χ4v) is 3.44. The van der Waals surface area contributed by atoms with Crippen LogP contribution in [0.15, 0.2) is 11.6 Å². The lowest BCUT2D eigenvalue weighted by molar-refractivity contribution is -0.198. The highest BCUT2D eigenvalue weighted by atomic mass is 16.5. The maximum atomic E-state index is 12.2.